The van der Waals surface area contributed by atoms with E-state index < -0.39 is 18.0 Å². The molecule has 3 aromatic carbocycles. The third-order valence-electron chi connectivity index (χ3n) is 4.33. The van der Waals surface area contributed by atoms with E-state index in [0.717, 1.165) is 11.1 Å². The van der Waals surface area contributed by atoms with E-state index in [2.05, 4.69) is 5.32 Å². The molecule has 5 nitrogen and oxygen atoms in total. The molecule has 0 radical (unpaired) electrons. The van der Waals surface area contributed by atoms with E-state index in [1.54, 1.807) is 31.2 Å². The number of anilines is 1. The van der Waals surface area contributed by atoms with Crippen LogP contribution in [0.1, 0.15) is 24.2 Å². The Hall–Kier alpha value is -3.60. The summed E-state index contributed by atoms with van der Waals surface area (Å²) < 4.78 is 10.8. The molecular weight excluding hydrogens is 366 g/mol. The van der Waals surface area contributed by atoms with Crippen LogP contribution in [0.15, 0.2) is 78.9 Å². The zero-order valence-electron chi connectivity index (χ0n) is 16.4. The van der Waals surface area contributed by atoms with Crippen molar-refractivity contribution in [2.75, 3.05) is 11.9 Å². The molecule has 148 valence electrons. The third kappa shape index (κ3) is 5.02. The largest absolute Gasteiger partial charge is 0.493 e. The summed E-state index contributed by atoms with van der Waals surface area (Å²) in [5.74, 6) is -0.578. The van der Waals surface area contributed by atoms with Crippen molar-refractivity contribution in [2.45, 2.75) is 20.0 Å². The molecule has 0 aliphatic heterocycles. The standard InChI is InChI=1S/C24H23NO4/c1-3-28-22-16-10-8-14-20(22)24(27)29-17(2)23(26)25-21-15-9-7-13-19(21)18-11-5-4-6-12-18/h4-17H,3H2,1-2H3,(H,25,26)/t17-/m0/s1. The van der Waals surface area contributed by atoms with Gasteiger partial charge in [0.25, 0.3) is 5.91 Å². The van der Waals surface area contributed by atoms with Crippen LogP contribution >= 0.6 is 0 Å². The predicted octanol–water partition coefficient (Wildman–Crippen LogP) is 4.94. The highest BCUT2D eigenvalue weighted by Crippen LogP contribution is 2.28. The molecule has 0 heterocycles. The van der Waals surface area contributed by atoms with Crippen molar-refractivity contribution < 1.29 is 19.1 Å². The summed E-state index contributed by atoms with van der Waals surface area (Å²) >= 11 is 0. The minimum Gasteiger partial charge on any atom is -0.493 e. The topological polar surface area (TPSA) is 64.6 Å². The smallest absolute Gasteiger partial charge is 0.342 e. The molecule has 3 rings (SSSR count). The highest BCUT2D eigenvalue weighted by Gasteiger charge is 2.22. The van der Waals surface area contributed by atoms with Crippen LogP contribution in [0, 0.1) is 0 Å². The summed E-state index contributed by atoms with van der Waals surface area (Å²) in [5, 5.41) is 2.86. The van der Waals surface area contributed by atoms with Gasteiger partial charge in [-0.1, -0.05) is 60.7 Å². The van der Waals surface area contributed by atoms with Crippen LogP contribution in [0.2, 0.25) is 0 Å². The van der Waals surface area contributed by atoms with E-state index in [-0.39, 0.29) is 0 Å². The van der Waals surface area contributed by atoms with Crippen molar-refractivity contribution in [3.63, 3.8) is 0 Å². The fourth-order valence-corrected chi connectivity index (χ4v) is 2.89. The molecule has 29 heavy (non-hydrogen) atoms. The highest BCUT2D eigenvalue weighted by atomic mass is 16.5. The number of carbonyl (C=O) groups excluding carboxylic acids is 2. The number of rotatable bonds is 7. The molecule has 1 amide bonds. The van der Waals surface area contributed by atoms with E-state index >= 15 is 0 Å². The van der Waals surface area contributed by atoms with E-state index in [9.17, 15) is 9.59 Å². The van der Waals surface area contributed by atoms with Gasteiger partial charge in [0.05, 0.1) is 6.61 Å². The lowest BCUT2D eigenvalue weighted by Crippen LogP contribution is -2.30. The summed E-state index contributed by atoms with van der Waals surface area (Å²) in [7, 11) is 0. The maximum atomic E-state index is 12.7. The highest BCUT2D eigenvalue weighted by molar-refractivity contribution is 6.00. The monoisotopic (exact) mass is 389 g/mol. The Morgan fingerprint density at radius 1 is 0.897 bits per heavy atom. The molecule has 0 spiro atoms. The zero-order valence-corrected chi connectivity index (χ0v) is 16.4. The molecule has 1 atom stereocenters. The van der Waals surface area contributed by atoms with Gasteiger partial charge in [0.2, 0.25) is 0 Å². The molecule has 5 heteroatoms. The lowest BCUT2D eigenvalue weighted by Gasteiger charge is -2.16. The first-order valence-electron chi connectivity index (χ1n) is 9.48. The maximum absolute atomic E-state index is 12.7. The van der Waals surface area contributed by atoms with Crippen LogP contribution in [0.25, 0.3) is 11.1 Å². The second kappa shape index (κ2) is 9.55. The van der Waals surface area contributed by atoms with Gasteiger partial charge < -0.3 is 14.8 Å². The Morgan fingerprint density at radius 2 is 1.55 bits per heavy atom. The van der Waals surface area contributed by atoms with Gasteiger partial charge in [0, 0.05) is 11.3 Å². The first kappa shape index (κ1) is 20.1. The van der Waals surface area contributed by atoms with E-state index in [1.807, 2.05) is 61.5 Å². The van der Waals surface area contributed by atoms with Gasteiger partial charge in [-0.05, 0) is 37.6 Å². The van der Waals surface area contributed by atoms with Crippen LogP contribution < -0.4 is 10.1 Å². The molecule has 0 aromatic heterocycles. The van der Waals surface area contributed by atoms with Crippen LogP contribution in [0.3, 0.4) is 0 Å². The Labute approximate surface area is 170 Å². The van der Waals surface area contributed by atoms with Crippen molar-refractivity contribution >= 4 is 17.6 Å². The summed E-state index contributed by atoms with van der Waals surface area (Å²) in [4.78, 5) is 25.2. The lowest BCUT2D eigenvalue weighted by atomic mass is 10.0. The fraction of sp³-hybridized carbons (Fsp3) is 0.167. The second-order valence-electron chi connectivity index (χ2n) is 6.38. The van der Waals surface area contributed by atoms with Gasteiger partial charge in [-0.25, -0.2) is 4.79 Å². The summed E-state index contributed by atoms with van der Waals surface area (Å²) in [6, 6.07) is 24.1. The average molecular weight is 389 g/mol. The summed E-state index contributed by atoms with van der Waals surface area (Å²) in [6.07, 6.45) is -0.971. The summed E-state index contributed by atoms with van der Waals surface area (Å²) in [6.45, 7) is 3.81. The summed E-state index contributed by atoms with van der Waals surface area (Å²) in [5.41, 5.74) is 2.82. The number of hydrogen-bond acceptors (Lipinski definition) is 4. The fourth-order valence-electron chi connectivity index (χ4n) is 2.89. The van der Waals surface area contributed by atoms with E-state index in [4.69, 9.17) is 9.47 Å². The number of nitrogens with one attached hydrogen (secondary N) is 1. The average Bonchev–Trinajstić information content (AvgIpc) is 2.75. The Morgan fingerprint density at radius 3 is 2.31 bits per heavy atom. The number of esters is 1. The van der Waals surface area contributed by atoms with E-state index in [0.29, 0.717) is 23.6 Å². The first-order chi connectivity index (χ1) is 14.1. The number of amides is 1. The third-order valence-corrected chi connectivity index (χ3v) is 4.33. The molecule has 0 saturated heterocycles. The predicted molar refractivity (Wildman–Crippen MR) is 113 cm³/mol. The molecule has 0 bridgehead atoms. The molecule has 0 aliphatic carbocycles. The van der Waals surface area contributed by atoms with Crippen LogP contribution in [0.5, 0.6) is 5.75 Å². The molecule has 0 unspecified atom stereocenters. The first-order valence-corrected chi connectivity index (χ1v) is 9.48. The van der Waals surface area contributed by atoms with Crippen molar-refractivity contribution in [1.29, 1.82) is 0 Å². The van der Waals surface area contributed by atoms with Gasteiger partial charge in [-0.15, -0.1) is 0 Å². The van der Waals surface area contributed by atoms with Crippen molar-refractivity contribution in [3.05, 3.63) is 84.4 Å². The molecular formula is C24H23NO4. The Bertz CT molecular complexity index is 985. The molecule has 0 aliphatic rings. The van der Waals surface area contributed by atoms with Gasteiger partial charge in [0.1, 0.15) is 11.3 Å². The molecule has 1 N–H and O–H groups in total. The van der Waals surface area contributed by atoms with Crippen molar-refractivity contribution in [1.82, 2.24) is 0 Å². The number of ether oxygens (including phenoxy) is 2. The van der Waals surface area contributed by atoms with Crippen LogP contribution in [0.4, 0.5) is 5.69 Å². The van der Waals surface area contributed by atoms with Crippen LogP contribution in [-0.2, 0) is 9.53 Å². The lowest BCUT2D eigenvalue weighted by molar-refractivity contribution is -0.123. The molecule has 0 saturated carbocycles. The van der Waals surface area contributed by atoms with Crippen molar-refractivity contribution in [3.8, 4) is 16.9 Å². The Balaban J connectivity index is 1.72. The minimum atomic E-state index is -0.971. The number of benzene rings is 3. The Kier molecular flexibility index (Phi) is 6.63. The van der Waals surface area contributed by atoms with Gasteiger partial charge in [0.15, 0.2) is 6.10 Å². The number of para-hydroxylation sites is 2. The quantitative estimate of drug-likeness (QED) is 0.582. The zero-order chi connectivity index (χ0) is 20.6. The van der Waals surface area contributed by atoms with Crippen LogP contribution in [-0.4, -0.2) is 24.6 Å². The van der Waals surface area contributed by atoms with E-state index in [1.165, 1.54) is 0 Å². The van der Waals surface area contributed by atoms with Crippen molar-refractivity contribution in [2.24, 2.45) is 0 Å². The number of carbonyl (C=O) groups is 2. The van der Waals surface area contributed by atoms with Gasteiger partial charge in [-0.2, -0.15) is 0 Å². The molecule has 0 fully saturated rings. The SMILES string of the molecule is CCOc1ccccc1C(=O)O[C@@H](C)C(=O)Nc1ccccc1-c1ccccc1. The second-order valence-corrected chi connectivity index (χ2v) is 6.38. The van der Waals surface area contributed by atoms with Gasteiger partial charge >= 0.3 is 5.97 Å². The number of hydrogen-bond donors (Lipinski definition) is 1. The molecule has 3 aromatic rings. The van der Waals surface area contributed by atoms with Gasteiger partial charge in [-0.3, -0.25) is 4.79 Å². The maximum Gasteiger partial charge on any atom is 0.342 e. The minimum absolute atomic E-state index is 0.290. The normalized spacial score (nSPS) is 11.4.